The Hall–Kier alpha value is -0.810. The lowest BCUT2D eigenvalue weighted by molar-refractivity contribution is 0.622. The number of thioether (sulfide) groups is 1. The summed E-state index contributed by atoms with van der Waals surface area (Å²) >= 11 is 6.86. The Balaban J connectivity index is 2.36. The van der Waals surface area contributed by atoms with E-state index in [1.165, 1.54) is 6.07 Å². The molecule has 1 fully saturated rings. The van der Waals surface area contributed by atoms with Crippen LogP contribution in [0.1, 0.15) is 12.0 Å². The summed E-state index contributed by atoms with van der Waals surface area (Å²) in [7, 11) is 1.98. The van der Waals surface area contributed by atoms with Crippen LogP contribution in [0.2, 0.25) is 0 Å². The van der Waals surface area contributed by atoms with Gasteiger partial charge in [-0.2, -0.15) is 11.8 Å². The van der Waals surface area contributed by atoms with Crippen molar-refractivity contribution in [3.05, 3.63) is 29.6 Å². The SMILES string of the molecule is CN(c1cccc(F)c1C(N)=S)C1CCSC1. The fourth-order valence-corrected chi connectivity index (χ4v) is 3.54. The average Bonchev–Trinajstić information content (AvgIpc) is 2.80. The van der Waals surface area contributed by atoms with Crippen molar-refractivity contribution in [2.24, 2.45) is 5.73 Å². The highest BCUT2D eigenvalue weighted by molar-refractivity contribution is 7.99. The van der Waals surface area contributed by atoms with Crippen LogP contribution < -0.4 is 10.6 Å². The standard InChI is InChI=1S/C12H15FN2S2/c1-15(8-5-6-17-7-8)10-4-2-3-9(13)11(10)12(14)16/h2-4,8H,5-7H2,1H3,(H2,14,16). The Morgan fingerprint density at radius 3 is 2.94 bits per heavy atom. The van der Waals surface area contributed by atoms with Crippen LogP contribution >= 0.6 is 24.0 Å². The molecule has 1 aromatic carbocycles. The summed E-state index contributed by atoms with van der Waals surface area (Å²) in [5, 5.41) is 0. The molecule has 17 heavy (non-hydrogen) atoms. The van der Waals surface area contributed by atoms with Crippen LogP contribution in [0.15, 0.2) is 18.2 Å². The minimum Gasteiger partial charge on any atom is -0.389 e. The fraction of sp³-hybridized carbons (Fsp3) is 0.417. The Labute approximate surface area is 110 Å². The third-order valence-electron chi connectivity index (χ3n) is 3.07. The molecule has 1 atom stereocenters. The quantitative estimate of drug-likeness (QED) is 0.854. The molecule has 5 heteroatoms. The van der Waals surface area contributed by atoms with E-state index < -0.39 is 0 Å². The molecule has 0 radical (unpaired) electrons. The number of nitrogens with zero attached hydrogens (tertiary/aromatic N) is 1. The Bertz CT molecular complexity index is 431. The predicted octanol–water partition coefficient (Wildman–Crippen LogP) is 2.40. The maximum atomic E-state index is 13.7. The van der Waals surface area contributed by atoms with Crippen molar-refractivity contribution in [1.29, 1.82) is 0 Å². The van der Waals surface area contributed by atoms with Crippen molar-refractivity contribution in [2.75, 3.05) is 23.5 Å². The number of nitrogens with two attached hydrogens (primary N) is 1. The van der Waals surface area contributed by atoms with Gasteiger partial charge in [-0.3, -0.25) is 0 Å². The van der Waals surface area contributed by atoms with Gasteiger partial charge in [0.15, 0.2) is 0 Å². The topological polar surface area (TPSA) is 29.3 Å². The number of anilines is 1. The molecule has 0 bridgehead atoms. The lowest BCUT2D eigenvalue weighted by Crippen LogP contribution is -2.33. The van der Waals surface area contributed by atoms with Crippen molar-refractivity contribution in [3.8, 4) is 0 Å². The Morgan fingerprint density at radius 1 is 1.59 bits per heavy atom. The van der Waals surface area contributed by atoms with Gasteiger partial charge in [0.1, 0.15) is 10.8 Å². The largest absolute Gasteiger partial charge is 0.389 e. The monoisotopic (exact) mass is 270 g/mol. The number of hydrogen-bond donors (Lipinski definition) is 1. The third kappa shape index (κ3) is 2.55. The van der Waals surface area contributed by atoms with E-state index in [-0.39, 0.29) is 10.8 Å². The number of benzene rings is 1. The van der Waals surface area contributed by atoms with Gasteiger partial charge in [-0.15, -0.1) is 0 Å². The van der Waals surface area contributed by atoms with Crippen LogP contribution in [-0.2, 0) is 0 Å². The molecule has 0 aliphatic carbocycles. The lowest BCUT2D eigenvalue weighted by atomic mass is 10.1. The summed E-state index contributed by atoms with van der Waals surface area (Å²) in [6.45, 7) is 0. The first-order chi connectivity index (χ1) is 8.11. The molecule has 1 aliphatic heterocycles. The third-order valence-corrected chi connectivity index (χ3v) is 4.42. The molecule has 92 valence electrons. The van der Waals surface area contributed by atoms with Crippen LogP contribution in [0.5, 0.6) is 0 Å². The summed E-state index contributed by atoms with van der Waals surface area (Å²) in [5.41, 5.74) is 6.77. The molecule has 1 aromatic rings. The molecule has 2 N–H and O–H groups in total. The van der Waals surface area contributed by atoms with Crippen LogP contribution in [0, 0.1) is 5.82 Å². The number of thiocarbonyl (C=S) groups is 1. The second-order valence-corrected chi connectivity index (χ2v) is 5.72. The van der Waals surface area contributed by atoms with Crippen molar-refractivity contribution in [3.63, 3.8) is 0 Å². The minimum absolute atomic E-state index is 0.121. The number of halogens is 1. The maximum Gasteiger partial charge on any atom is 0.135 e. The molecule has 2 rings (SSSR count). The van der Waals surface area contributed by atoms with E-state index in [1.54, 1.807) is 6.07 Å². The molecule has 2 nitrogen and oxygen atoms in total. The molecule has 1 unspecified atom stereocenters. The molecule has 1 heterocycles. The molecule has 0 saturated carbocycles. The fourth-order valence-electron chi connectivity index (χ4n) is 2.07. The normalized spacial score (nSPS) is 19.3. The van der Waals surface area contributed by atoms with Gasteiger partial charge in [0.25, 0.3) is 0 Å². The molecule has 1 saturated heterocycles. The smallest absolute Gasteiger partial charge is 0.135 e. The highest BCUT2D eigenvalue weighted by atomic mass is 32.2. The second-order valence-electron chi connectivity index (χ2n) is 4.13. The first-order valence-corrected chi connectivity index (χ1v) is 7.06. The zero-order valence-corrected chi connectivity index (χ0v) is 11.3. The molecule has 0 spiro atoms. The zero-order valence-electron chi connectivity index (χ0n) is 9.65. The average molecular weight is 270 g/mol. The Morgan fingerprint density at radius 2 is 2.35 bits per heavy atom. The number of hydrogen-bond acceptors (Lipinski definition) is 3. The molecule has 0 amide bonds. The first-order valence-electron chi connectivity index (χ1n) is 5.50. The summed E-state index contributed by atoms with van der Waals surface area (Å²) in [6.07, 6.45) is 1.12. The van der Waals surface area contributed by atoms with E-state index in [4.69, 9.17) is 18.0 Å². The molecular formula is C12H15FN2S2. The van der Waals surface area contributed by atoms with Gasteiger partial charge in [-0.25, -0.2) is 4.39 Å². The summed E-state index contributed by atoms with van der Waals surface area (Å²) in [6, 6.07) is 5.41. The minimum atomic E-state index is -0.340. The number of rotatable bonds is 3. The highest BCUT2D eigenvalue weighted by Crippen LogP contribution is 2.29. The van der Waals surface area contributed by atoms with E-state index in [1.807, 2.05) is 24.9 Å². The van der Waals surface area contributed by atoms with Gasteiger partial charge in [0.2, 0.25) is 0 Å². The van der Waals surface area contributed by atoms with Crippen LogP contribution in [0.4, 0.5) is 10.1 Å². The van der Waals surface area contributed by atoms with Crippen molar-refractivity contribution < 1.29 is 4.39 Å². The predicted molar refractivity (Wildman–Crippen MR) is 76.4 cm³/mol. The van der Waals surface area contributed by atoms with Gasteiger partial charge in [-0.05, 0) is 24.3 Å². The van der Waals surface area contributed by atoms with Crippen molar-refractivity contribution >= 4 is 34.7 Å². The summed E-state index contributed by atoms with van der Waals surface area (Å²) < 4.78 is 13.7. The molecule has 1 aliphatic rings. The first kappa shape index (κ1) is 12.6. The zero-order chi connectivity index (χ0) is 12.4. The van der Waals surface area contributed by atoms with E-state index in [2.05, 4.69) is 4.90 Å². The van der Waals surface area contributed by atoms with Gasteiger partial charge < -0.3 is 10.6 Å². The summed E-state index contributed by atoms with van der Waals surface area (Å²) in [5.74, 6) is 1.89. The van der Waals surface area contributed by atoms with Crippen LogP contribution in [0.3, 0.4) is 0 Å². The molecular weight excluding hydrogens is 255 g/mol. The van der Waals surface area contributed by atoms with E-state index >= 15 is 0 Å². The van der Waals surface area contributed by atoms with Gasteiger partial charge in [0, 0.05) is 24.5 Å². The van der Waals surface area contributed by atoms with E-state index in [0.717, 1.165) is 23.6 Å². The molecule has 0 aromatic heterocycles. The van der Waals surface area contributed by atoms with E-state index in [0.29, 0.717) is 11.6 Å². The Kier molecular flexibility index (Phi) is 3.89. The van der Waals surface area contributed by atoms with Gasteiger partial charge in [0.05, 0.1) is 5.56 Å². The second kappa shape index (κ2) is 5.23. The van der Waals surface area contributed by atoms with Crippen LogP contribution in [0.25, 0.3) is 0 Å². The van der Waals surface area contributed by atoms with Crippen molar-refractivity contribution in [1.82, 2.24) is 0 Å². The van der Waals surface area contributed by atoms with E-state index in [9.17, 15) is 4.39 Å². The highest BCUT2D eigenvalue weighted by Gasteiger charge is 2.23. The lowest BCUT2D eigenvalue weighted by Gasteiger charge is -2.28. The summed E-state index contributed by atoms with van der Waals surface area (Å²) in [4.78, 5) is 2.22. The van der Waals surface area contributed by atoms with Gasteiger partial charge in [-0.1, -0.05) is 18.3 Å². The van der Waals surface area contributed by atoms with Crippen LogP contribution in [-0.4, -0.2) is 29.6 Å². The maximum absolute atomic E-state index is 13.7. The van der Waals surface area contributed by atoms with Crippen molar-refractivity contribution in [2.45, 2.75) is 12.5 Å². The van der Waals surface area contributed by atoms with Gasteiger partial charge >= 0.3 is 0 Å².